The molecule has 0 bridgehead atoms. The number of carbonyl (C=O) groups excluding carboxylic acids is 2. The number of carbonyl (C=O) groups is 2. The summed E-state index contributed by atoms with van der Waals surface area (Å²) in [6, 6.07) is 12.7. The smallest absolute Gasteiger partial charge is 0.276 e. The molecule has 1 saturated heterocycles. The van der Waals surface area contributed by atoms with E-state index in [1.807, 2.05) is 19.1 Å². The topological polar surface area (TPSA) is 114 Å². The van der Waals surface area contributed by atoms with Gasteiger partial charge in [-0.05, 0) is 48.9 Å². The highest BCUT2D eigenvalue weighted by Gasteiger charge is 2.26. The molecule has 1 fully saturated rings. The van der Waals surface area contributed by atoms with Crippen LogP contribution in [-0.4, -0.2) is 57.4 Å². The van der Waals surface area contributed by atoms with E-state index in [4.69, 9.17) is 9.47 Å². The Morgan fingerprint density at radius 2 is 1.77 bits per heavy atom. The van der Waals surface area contributed by atoms with Crippen molar-refractivity contribution in [3.8, 4) is 5.75 Å². The third-order valence-electron chi connectivity index (χ3n) is 4.40. The first-order valence-electron chi connectivity index (χ1n) is 9.33. The Bertz CT molecular complexity index is 1000. The van der Waals surface area contributed by atoms with Gasteiger partial charge >= 0.3 is 0 Å². The number of amides is 2. The van der Waals surface area contributed by atoms with E-state index in [2.05, 4.69) is 10.9 Å². The fourth-order valence-corrected chi connectivity index (χ4v) is 4.21. The number of benzene rings is 2. The number of hydrogen-bond acceptors (Lipinski definition) is 6. The molecule has 3 rings (SSSR count). The first-order valence-corrected chi connectivity index (χ1v) is 10.8. The van der Waals surface area contributed by atoms with Gasteiger partial charge in [-0.25, -0.2) is 8.42 Å². The lowest BCUT2D eigenvalue weighted by molar-refractivity contribution is -0.123. The van der Waals surface area contributed by atoms with Gasteiger partial charge in [0.15, 0.2) is 6.61 Å². The Labute approximate surface area is 175 Å². The number of sulfonamides is 1. The molecule has 2 N–H and O–H groups in total. The first-order chi connectivity index (χ1) is 14.4. The molecule has 2 amide bonds. The molecule has 1 heterocycles. The number of morpholine rings is 1. The monoisotopic (exact) mass is 433 g/mol. The van der Waals surface area contributed by atoms with Gasteiger partial charge in [-0.1, -0.05) is 12.1 Å². The quantitative estimate of drug-likeness (QED) is 0.653. The van der Waals surface area contributed by atoms with Crippen molar-refractivity contribution in [3.05, 3.63) is 59.7 Å². The minimum atomic E-state index is -3.63. The van der Waals surface area contributed by atoms with Gasteiger partial charge < -0.3 is 9.47 Å². The Kier molecular flexibility index (Phi) is 7.03. The van der Waals surface area contributed by atoms with Gasteiger partial charge in [0.05, 0.1) is 18.1 Å². The van der Waals surface area contributed by atoms with E-state index in [0.717, 1.165) is 5.56 Å². The number of rotatable bonds is 6. The van der Waals surface area contributed by atoms with Crippen LogP contribution in [0.1, 0.15) is 15.9 Å². The normalized spacial score (nSPS) is 14.7. The molecule has 1 aliphatic heterocycles. The average molecular weight is 433 g/mol. The van der Waals surface area contributed by atoms with Crippen LogP contribution in [0.25, 0.3) is 0 Å². The van der Waals surface area contributed by atoms with Crippen molar-refractivity contribution in [2.24, 2.45) is 0 Å². The number of aryl methyl sites for hydroxylation is 1. The lowest BCUT2D eigenvalue weighted by atomic mass is 10.2. The van der Waals surface area contributed by atoms with Crippen LogP contribution in [-0.2, 0) is 19.6 Å². The summed E-state index contributed by atoms with van der Waals surface area (Å²) in [5, 5.41) is 0. The molecular weight excluding hydrogens is 410 g/mol. The minimum absolute atomic E-state index is 0.0940. The molecule has 0 radical (unpaired) electrons. The van der Waals surface area contributed by atoms with E-state index in [0.29, 0.717) is 32.1 Å². The first kappa shape index (κ1) is 21.8. The van der Waals surface area contributed by atoms with Crippen LogP contribution < -0.4 is 15.6 Å². The van der Waals surface area contributed by atoms with Gasteiger partial charge in [0, 0.05) is 18.7 Å². The zero-order valence-corrected chi connectivity index (χ0v) is 17.3. The van der Waals surface area contributed by atoms with Crippen LogP contribution in [0.5, 0.6) is 5.75 Å². The predicted molar refractivity (Wildman–Crippen MR) is 108 cm³/mol. The van der Waals surface area contributed by atoms with E-state index in [-0.39, 0.29) is 17.1 Å². The zero-order chi connectivity index (χ0) is 21.6. The van der Waals surface area contributed by atoms with Crippen LogP contribution in [0.3, 0.4) is 0 Å². The van der Waals surface area contributed by atoms with Crippen molar-refractivity contribution >= 4 is 21.8 Å². The predicted octanol–water partition coefficient (Wildman–Crippen LogP) is 0.856. The van der Waals surface area contributed by atoms with Crippen molar-refractivity contribution in [2.45, 2.75) is 11.8 Å². The summed E-state index contributed by atoms with van der Waals surface area (Å²) >= 11 is 0. The summed E-state index contributed by atoms with van der Waals surface area (Å²) in [5.41, 5.74) is 5.74. The molecule has 0 unspecified atom stereocenters. The van der Waals surface area contributed by atoms with Crippen LogP contribution in [0.4, 0.5) is 0 Å². The largest absolute Gasteiger partial charge is 0.484 e. The number of hydrazine groups is 1. The fraction of sp³-hybridized carbons (Fsp3) is 0.300. The van der Waals surface area contributed by atoms with Gasteiger partial charge in [-0.3, -0.25) is 20.4 Å². The van der Waals surface area contributed by atoms with Gasteiger partial charge in [0.25, 0.3) is 11.8 Å². The van der Waals surface area contributed by atoms with E-state index in [1.54, 1.807) is 12.1 Å². The number of hydrogen-bond donors (Lipinski definition) is 2. The zero-order valence-electron chi connectivity index (χ0n) is 16.5. The van der Waals surface area contributed by atoms with Crippen LogP contribution in [0, 0.1) is 6.92 Å². The van der Waals surface area contributed by atoms with Gasteiger partial charge in [-0.2, -0.15) is 4.31 Å². The molecular formula is C20H23N3O6S. The van der Waals surface area contributed by atoms with Gasteiger partial charge in [-0.15, -0.1) is 0 Å². The van der Waals surface area contributed by atoms with E-state index in [1.165, 1.54) is 28.6 Å². The van der Waals surface area contributed by atoms with Crippen LogP contribution in [0.15, 0.2) is 53.4 Å². The highest BCUT2D eigenvalue weighted by molar-refractivity contribution is 7.89. The van der Waals surface area contributed by atoms with Crippen molar-refractivity contribution < 1.29 is 27.5 Å². The Balaban J connectivity index is 1.51. The third kappa shape index (κ3) is 5.56. The van der Waals surface area contributed by atoms with Crippen molar-refractivity contribution in [2.75, 3.05) is 32.9 Å². The molecule has 2 aromatic rings. The molecule has 2 aromatic carbocycles. The summed E-state index contributed by atoms with van der Waals surface area (Å²) in [5.74, 6) is -0.556. The molecule has 160 valence electrons. The number of nitrogens with zero attached hydrogens (tertiary/aromatic N) is 1. The lowest BCUT2D eigenvalue weighted by Crippen LogP contribution is -2.43. The van der Waals surface area contributed by atoms with Gasteiger partial charge in [0.2, 0.25) is 10.0 Å². The summed E-state index contributed by atoms with van der Waals surface area (Å²) in [7, 11) is -3.63. The SMILES string of the molecule is Cc1cccc(OCC(=O)NNC(=O)c2ccc(S(=O)(=O)N3CCOCC3)cc2)c1. The van der Waals surface area contributed by atoms with Crippen molar-refractivity contribution in [3.63, 3.8) is 0 Å². The second kappa shape index (κ2) is 9.70. The summed E-state index contributed by atoms with van der Waals surface area (Å²) in [6.45, 7) is 2.94. The molecule has 0 atom stereocenters. The maximum Gasteiger partial charge on any atom is 0.276 e. The molecule has 1 aliphatic rings. The van der Waals surface area contributed by atoms with E-state index in [9.17, 15) is 18.0 Å². The number of nitrogens with one attached hydrogen (secondary N) is 2. The molecule has 10 heteroatoms. The van der Waals surface area contributed by atoms with Crippen LogP contribution >= 0.6 is 0 Å². The van der Waals surface area contributed by atoms with Crippen molar-refractivity contribution in [1.29, 1.82) is 0 Å². The summed E-state index contributed by atoms with van der Waals surface area (Å²) in [6.07, 6.45) is 0. The lowest BCUT2D eigenvalue weighted by Gasteiger charge is -2.26. The third-order valence-corrected chi connectivity index (χ3v) is 6.31. The maximum atomic E-state index is 12.6. The second-order valence-electron chi connectivity index (χ2n) is 6.65. The molecule has 9 nitrogen and oxygen atoms in total. The Hall–Kier alpha value is -2.95. The number of ether oxygens (including phenoxy) is 2. The molecule has 0 saturated carbocycles. The van der Waals surface area contributed by atoms with E-state index < -0.39 is 21.8 Å². The van der Waals surface area contributed by atoms with E-state index >= 15 is 0 Å². The molecule has 0 aromatic heterocycles. The van der Waals surface area contributed by atoms with Gasteiger partial charge in [0.1, 0.15) is 5.75 Å². The highest BCUT2D eigenvalue weighted by atomic mass is 32.2. The summed E-state index contributed by atoms with van der Waals surface area (Å²) in [4.78, 5) is 24.1. The second-order valence-corrected chi connectivity index (χ2v) is 8.59. The Morgan fingerprint density at radius 3 is 2.43 bits per heavy atom. The minimum Gasteiger partial charge on any atom is -0.484 e. The maximum absolute atomic E-state index is 12.6. The molecule has 0 aliphatic carbocycles. The standard InChI is InChI=1S/C20H23N3O6S/c1-15-3-2-4-17(13-15)29-14-19(24)21-22-20(25)16-5-7-18(8-6-16)30(26,27)23-9-11-28-12-10-23/h2-8,13H,9-12,14H2,1H3,(H,21,24)(H,22,25). The van der Waals surface area contributed by atoms with Crippen molar-refractivity contribution in [1.82, 2.24) is 15.2 Å². The molecule has 0 spiro atoms. The molecule has 30 heavy (non-hydrogen) atoms. The Morgan fingerprint density at radius 1 is 1.07 bits per heavy atom. The fourth-order valence-electron chi connectivity index (χ4n) is 2.80. The average Bonchev–Trinajstić information content (AvgIpc) is 2.77. The highest BCUT2D eigenvalue weighted by Crippen LogP contribution is 2.17. The summed E-state index contributed by atoms with van der Waals surface area (Å²) < 4.78 is 37.1. The van der Waals surface area contributed by atoms with Crippen LogP contribution in [0.2, 0.25) is 0 Å².